The first-order valence-corrected chi connectivity index (χ1v) is 9.45. The number of benzene rings is 2. The molecule has 2 aromatic carbocycles. The summed E-state index contributed by atoms with van der Waals surface area (Å²) in [6, 6.07) is 12.6. The van der Waals surface area contributed by atoms with Gasteiger partial charge >= 0.3 is 6.18 Å². The van der Waals surface area contributed by atoms with Crippen LogP contribution in [0.2, 0.25) is 0 Å². The Morgan fingerprint density at radius 2 is 1.57 bits per heavy atom. The molecule has 0 saturated heterocycles. The minimum absolute atomic E-state index is 0.0233. The van der Waals surface area contributed by atoms with Crippen LogP contribution in [0.15, 0.2) is 73.4 Å². The van der Waals surface area contributed by atoms with Gasteiger partial charge in [-0.15, -0.1) is 0 Å². The van der Waals surface area contributed by atoms with E-state index < -0.39 is 23.4 Å². The van der Waals surface area contributed by atoms with Crippen molar-refractivity contribution in [2.24, 2.45) is 0 Å². The van der Waals surface area contributed by atoms with Crippen LogP contribution in [0.1, 0.15) is 22.4 Å². The van der Waals surface area contributed by atoms with Gasteiger partial charge in [-0.2, -0.15) is 13.2 Å². The van der Waals surface area contributed by atoms with Crippen molar-refractivity contribution in [2.45, 2.75) is 25.8 Å². The van der Waals surface area contributed by atoms with Gasteiger partial charge in [-0.25, -0.2) is 8.78 Å². The number of halogens is 5. The zero-order valence-electron chi connectivity index (χ0n) is 16.2. The smallest absolute Gasteiger partial charge is 0.342 e. The Balaban J connectivity index is 1.75. The van der Waals surface area contributed by atoms with Crippen LogP contribution in [0.4, 0.5) is 22.0 Å². The summed E-state index contributed by atoms with van der Waals surface area (Å²) in [5.41, 5.74) is 0.969. The second-order valence-corrected chi connectivity index (χ2v) is 7.12. The lowest BCUT2D eigenvalue weighted by Crippen LogP contribution is -3.09. The van der Waals surface area contributed by atoms with Gasteiger partial charge in [0.05, 0.1) is 23.4 Å². The Labute approximate surface area is 171 Å². The third-order valence-electron chi connectivity index (χ3n) is 4.91. The van der Waals surface area contributed by atoms with Gasteiger partial charge in [0, 0.05) is 12.7 Å². The average Bonchev–Trinajstić information content (AvgIpc) is 3.11. The van der Waals surface area contributed by atoms with Crippen molar-refractivity contribution in [3.8, 4) is 0 Å². The molecule has 0 bridgehead atoms. The van der Waals surface area contributed by atoms with Gasteiger partial charge in [0.25, 0.3) is 0 Å². The lowest BCUT2D eigenvalue weighted by Gasteiger charge is -2.20. The summed E-state index contributed by atoms with van der Waals surface area (Å²) in [7, 11) is 0. The highest BCUT2D eigenvalue weighted by molar-refractivity contribution is 5.25. The fourth-order valence-corrected chi connectivity index (χ4v) is 3.38. The first kappa shape index (κ1) is 21.8. The van der Waals surface area contributed by atoms with Crippen molar-refractivity contribution in [3.63, 3.8) is 0 Å². The number of nitrogens with zero attached hydrogens (tertiary/aromatic N) is 1. The Hall–Kier alpha value is -2.93. The second kappa shape index (κ2) is 9.26. The van der Waals surface area contributed by atoms with Crippen LogP contribution < -0.4 is 4.90 Å². The number of rotatable bonds is 8. The molecular weight excluding hydrogens is 399 g/mol. The van der Waals surface area contributed by atoms with E-state index in [1.165, 1.54) is 30.3 Å². The van der Waals surface area contributed by atoms with E-state index in [1.807, 2.05) is 22.9 Å². The van der Waals surface area contributed by atoms with E-state index in [-0.39, 0.29) is 12.1 Å². The molecule has 1 heterocycles. The summed E-state index contributed by atoms with van der Waals surface area (Å²) in [6.45, 7) is 5.25. The highest BCUT2D eigenvalue weighted by Crippen LogP contribution is 2.29. The Morgan fingerprint density at radius 3 is 2.17 bits per heavy atom. The first-order valence-electron chi connectivity index (χ1n) is 9.45. The molecule has 3 rings (SSSR count). The van der Waals surface area contributed by atoms with Gasteiger partial charge in [0.1, 0.15) is 24.7 Å². The Morgan fingerprint density at radius 1 is 0.900 bits per heavy atom. The van der Waals surface area contributed by atoms with E-state index in [9.17, 15) is 22.0 Å². The molecule has 0 radical (unpaired) electrons. The molecule has 0 aliphatic carbocycles. The molecular formula is C23H22F5N2+. The van der Waals surface area contributed by atoms with Crippen LogP contribution in [0.25, 0.3) is 0 Å². The summed E-state index contributed by atoms with van der Waals surface area (Å²) in [6.07, 6.45) is -0.840. The number of hydrogen-bond acceptors (Lipinski definition) is 0. The van der Waals surface area contributed by atoms with Crippen LogP contribution in [-0.2, 0) is 25.8 Å². The largest absolute Gasteiger partial charge is 0.416 e. The zero-order valence-corrected chi connectivity index (χ0v) is 16.2. The number of aromatic nitrogens is 1. The van der Waals surface area contributed by atoms with Crippen LogP contribution >= 0.6 is 0 Å². The maximum absolute atomic E-state index is 14.0. The molecule has 1 aromatic heterocycles. The summed E-state index contributed by atoms with van der Waals surface area (Å²) in [4.78, 5) is 0.890. The predicted octanol–water partition coefficient (Wildman–Crippen LogP) is 4.60. The van der Waals surface area contributed by atoms with Gasteiger partial charge in [0.2, 0.25) is 0 Å². The van der Waals surface area contributed by atoms with E-state index >= 15 is 0 Å². The molecule has 0 fully saturated rings. The van der Waals surface area contributed by atoms with E-state index in [2.05, 4.69) is 6.58 Å². The minimum atomic E-state index is -4.37. The van der Waals surface area contributed by atoms with Crippen molar-refractivity contribution in [1.82, 2.24) is 4.57 Å². The van der Waals surface area contributed by atoms with Gasteiger partial charge in [-0.05, 0) is 48.0 Å². The van der Waals surface area contributed by atoms with Gasteiger partial charge in [-0.3, -0.25) is 0 Å². The molecule has 3 aromatic rings. The molecule has 0 saturated carbocycles. The fourth-order valence-electron chi connectivity index (χ4n) is 3.38. The van der Waals surface area contributed by atoms with Crippen molar-refractivity contribution in [2.75, 3.05) is 6.54 Å². The lowest BCUT2D eigenvalue weighted by atomic mass is 10.1. The molecule has 1 atom stereocenters. The van der Waals surface area contributed by atoms with Crippen LogP contribution in [0.3, 0.4) is 0 Å². The molecule has 7 heteroatoms. The SMILES string of the molecule is C=CC[NH+](Cc1c(F)cccc1F)Cc1cccn1Cc1ccc(C(F)(F)F)cc1. The Bertz CT molecular complexity index is 969. The first-order chi connectivity index (χ1) is 14.3. The highest BCUT2D eigenvalue weighted by Gasteiger charge is 2.29. The fraction of sp³-hybridized carbons (Fsp3) is 0.217. The average molecular weight is 421 g/mol. The predicted molar refractivity (Wildman–Crippen MR) is 105 cm³/mol. The quantitative estimate of drug-likeness (QED) is 0.402. The normalized spacial score (nSPS) is 12.7. The summed E-state index contributed by atoms with van der Waals surface area (Å²) in [5, 5.41) is 0. The van der Waals surface area contributed by atoms with Gasteiger partial charge < -0.3 is 9.47 Å². The van der Waals surface area contributed by atoms with Crippen LogP contribution in [-0.4, -0.2) is 11.1 Å². The minimum Gasteiger partial charge on any atom is -0.342 e. The zero-order chi connectivity index (χ0) is 21.7. The van der Waals surface area contributed by atoms with E-state index in [1.54, 1.807) is 6.08 Å². The molecule has 0 aliphatic heterocycles. The standard InChI is InChI=1S/C23H21F5N2/c1-2-12-29(16-20-21(24)6-3-7-22(20)25)15-19-5-4-13-30(19)14-17-8-10-18(11-9-17)23(26,27)28/h2-11,13H,1,12,14-16H2/p+1. The summed E-state index contributed by atoms with van der Waals surface area (Å²) in [5.74, 6) is -1.17. The molecule has 0 spiro atoms. The van der Waals surface area contributed by atoms with Gasteiger partial charge in [0.15, 0.2) is 0 Å². The van der Waals surface area contributed by atoms with E-state index in [0.717, 1.165) is 28.3 Å². The van der Waals surface area contributed by atoms with Crippen LogP contribution in [0.5, 0.6) is 0 Å². The number of alkyl halides is 3. The lowest BCUT2D eigenvalue weighted by molar-refractivity contribution is -0.922. The molecule has 2 nitrogen and oxygen atoms in total. The summed E-state index contributed by atoms with van der Waals surface area (Å²) < 4.78 is 68.2. The van der Waals surface area contributed by atoms with Crippen molar-refractivity contribution in [1.29, 1.82) is 0 Å². The monoisotopic (exact) mass is 421 g/mol. The van der Waals surface area contributed by atoms with E-state index in [0.29, 0.717) is 19.6 Å². The van der Waals surface area contributed by atoms with Crippen LogP contribution in [0, 0.1) is 11.6 Å². The molecule has 1 N–H and O–H groups in total. The van der Waals surface area contributed by atoms with Crippen molar-refractivity contribution >= 4 is 0 Å². The maximum atomic E-state index is 14.0. The highest BCUT2D eigenvalue weighted by atomic mass is 19.4. The number of quaternary nitrogens is 1. The van der Waals surface area contributed by atoms with Crippen molar-refractivity contribution in [3.05, 3.63) is 107 Å². The molecule has 1 unspecified atom stereocenters. The molecule has 158 valence electrons. The summed E-state index contributed by atoms with van der Waals surface area (Å²) >= 11 is 0. The third kappa shape index (κ3) is 5.36. The second-order valence-electron chi connectivity index (χ2n) is 7.12. The van der Waals surface area contributed by atoms with Gasteiger partial charge in [-0.1, -0.05) is 24.8 Å². The van der Waals surface area contributed by atoms with Crippen molar-refractivity contribution < 1.29 is 26.9 Å². The number of hydrogen-bond donors (Lipinski definition) is 1. The number of nitrogens with one attached hydrogen (secondary N) is 1. The Kier molecular flexibility index (Phi) is 6.72. The third-order valence-corrected chi connectivity index (χ3v) is 4.91. The molecule has 0 aliphatic rings. The maximum Gasteiger partial charge on any atom is 0.416 e. The van der Waals surface area contributed by atoms with E-state index in [4.69, 9.17) is 0 Å². The molecule has 0 amide bonds. The molecule has 30 heavy (non-hydrogen) atoms. The topological polar surface area (TPSA) is 9.37 Å².